The summed E-state index contributed by atoms with van der Waals surface area (Å²) in [5.74, 6) is -0.423. The molecule has 4 aromatic carbocycles. The monoisotopic (exact) mass is 706 g/mol. The highest BCUT2D eigenvalue weighted by Gasteiger charge is 2.27. The molecule has 2 aliphatic heterocycles. The number of aryl methyl sites for hydroxylation is 2. The Labute approximate surface area is 290 Å². The quantitative estimate of drug-likeness (QED) is 0.188. The van der Waals surface area contributed by atoms with Gasteiger partial charge in [0.15, 0.2) is 0 Å². The van der Waals surface area contributed by atoms with Gasteiger partial charge in [0.25, 0.3) is 11.8 Å². The highest BCUT2D eigenvalue weighted by molar-refractivity contribution is 6.42. The van der Waals surface area contributed by atoms with Gasteiger partial charge in [-0.2, -0.15) is 0 Å². The summed E-state index contributed by atoms with van der Waals surface area (Å²) in [6, 6.07) is 19.5. The zero-order valence-electron chi connectivity index (χ0n) is 25.3. The molecule has 0 fully saturated rings. The van der Waals surface area contributed by atoms with E-state index in [2.05, 4.69) is 15.2 Å². The third-order valence-corrected chi connectivity index (χ3v) is 9.96. The van der Waals surface area contributed by atoms with Crippen molar-refractivity contribution in [3.63, 3.8) is 0 Å². The number of rotatable bonds is 2. The Kier molecular flexibility index (Phi) is 8.21. The summed E-state index contributed by atoms with van der Waals surface area (Å²) >= 11 is 24.9. The molecule has 0 bridgehead atoms. The Morgan fingerprint density at radius 3 is 1.64 bits per heavy atom. The Morgan fingerprint density at radius 2 is 1.15 bits per heavy atom. The lowest BCUT2D eigenvalue weighted by Gasteiger charge is -2.18. The molecular weight excluding hydrogens is 681 g/mol. The molecule has 0 aliphatic carbocycles. The van der Waals surface area contributed by atoms with Crippen LogP contribution in [0.2, 0.25) is 20.1 Å². The van der Waals surface area contributed by atoms with Gasteiger partial charge in [-0.25, -0.2) is 4.39 Å². The summed E-state index contributed by atoms with van der Waals surface area (Å²) in [7, 11) is 0. The van der Waals surface area contributed by atoms with Crippen molar-refractivity contribution in [3.05, 3.63) is 115 Å². The Balaban J connectivity index is 0.000000150. The molecule has 0 saturated carbocycles. The highest BCUT2D eigenvalue weighted by Crippen LogP contribution is 2.40. The van der Waals surface area contributed by atoms with Crippen LogP contribution in [0.4, 0.5) is 4.39 Å². The molecule has 47 heavy (non-hydrogen) atoms. The van der Waals surface area contributed by atoms with Crippen molar-refractivity contribution in [2.24, 2.45) is 0 Å². The zero-order chi connectivity index (χ0) is 33.1. The number of amides is 2. The first-order valence-electron chi connectivity index (χ1n) is 15.0. The smallest absolute Gasteiger partial charge is 0.268 e. The first-order valence-corrected chi connectivity index (χ1v) is 16.5. The number of fused-ring (bicyclic) bond motifs is 6. The average Bonchev–Trinajstić information content (AvgIpc) is 3.50. The largest absolute Gasteiger partial charge is 0.349 e. The van der Waals surface area contributed by atoms with Crippen molar-refractivity contribution in [3.8, 4) is 22.3 Å². The van der Waals surface area contributed by atoms with Crippen molar-refractivity contribution in [2.45, 2.75) is 26.9 Å². The van der Waals surface area contributed by atoms with Crippen molar-refractivity contribution in [1.82, 2.24) is 19.8 Å². The number of hydrogen-bond donors (Lipinski definition) is 2. The molecule has 8 rings (SSSR count). The molecule has 11 heteroatoms. The fourth-order valence-corrected chi connectivity index (χ4v) is 7.49. The first kappa shape index (κ1) is 31.6. The molecule has 0 saturated heterocycles. The second-order valence-corrected chi connectivity index (χ2v) is 13.3. The molecule has 0 unspecified atom stereocenters. The molecule has 0 atom stereocenters. The maximum absolute atomic E-state index is 13.7. The number of carbonyl (C=O) groups is 2. The zero-order valence-corrected chi connectivity index (χ0v) is 28.3. The van der Waals surface area contributed by atoms with Gasteiger partial charge in [0.05, 0.1) is 21.1 Å². The van der Waals surface area contributed by atoms with E-state index < -0.39 is 0 Å². The van der Waals surface area contributed by atoms with Crippen molar-refractivity contribution in [2.75, 3.05) is 13.1 Å². The summed E-state index contributed by atoms with van der Waals surface area (Å²) in [5.41, 5.74) is 8.58. The number of carbonyl (C=O) groups excluding carboxylic acids is 2. The lowest BCUT2D eigenvalue weighted by atomic mass is 10.0. The van der Waals surface area contributed by atoms with Gasteiger partial charge < -0.3 is 19.8 Å². The van der Waals surface area contributed by atoms with Gasteiger partial charge >= 0.3 is 0 Å². The Bertz CT molecular complexity index is 2290. The minimum absolute atomic E-state index is 0.0499. The molecule has 2 N–H and O–H groups in total. The van der Waals surface area contributed by atoms with Crippen molar-refractivity contribution >= 4 is 80.0 Å². The van der Waals surface area contributed by atoms with Crippen LogP contribution in [0.1, 0.15) is 32.1 Å². The van der Waals surface area contributed by atoms with Gasteiger partial charge in [-0.1, -0.05) is 64.6 Å². The first-order chi connectivity index (χ1) is 22.5. The van der Waals surface area contributed by atoms with Gasteiger partial charge in [-0.05, 0) is 84.6 Å². The third kappa shape index (κ3) is 5.45. The van der Waals surface area contributed by atoms with Crippen LogP contribution in [0, 0.1) is 19.7 Å². The van der Waals surface area contributed by atoms with Gasteiger partial charge in [0.1, 0.15) is 17.2 Å². The van der Waals surface area contributed by atoms with Crippen LogP contribution in [0.15, 0.2) is 66.7 Å². The van der Waals surface area contributed by atoms with Gasteiger partial charge in [-0.3, -0.25) is 9.59 Å². The predicted molar refractivity (Wildman–Crippen MR) is 189 cm³/mol. The molecule has 2 aliphatic rings. The predicted octanol–water partition coefficient (Wildman–Crippen LogP) is 9.47. The van der Waals surface area contributed by atoms with E-state index in [1.807, 2.05) is 60.9 Å². The van der Waals surface area contributed by atoms with Gasteiger partial charge in [0, 0.05) is 58.1 Å². The number of halogens is 5. The Morgan fingerprint density at radius 1 is 0.638 bits per heavy atom. The fourth-order valence-electron chi connectivity index (χ4n) is 6.76. The molecule has 6 aromatic rings. The standard InChI is InChI=1S/C18H13Cl3N2O.C18H14ClFN2O/c1-9-12-7-11(19)8-13(10-2-3-14(20)15(21)6-10)17(12)23-5-4-22-18(24)16(9)23;1-10-14-8-12(19)9-15(11-3-2-4-13(20)7-11)17(14)22-6-5-21-18(23)16(10)22/h2-3,6-8H,4-5H2,1H3,(H,22,24);2-4,7-9H,5-6H2,1H3,(H,21,23). The molecule has 0 spiro atoms. The molecule has 6 nitrogen and oxygen atoms in total. The van der Waals surface area contributed by atoms with E-state index >= 15 is 0 Å². The summed E-state index contributed by atoms with van der Waals surface area (Å²) < 4.78 is 17.7. The minimum Gasteiger partial charge on any atom is -0.349 e. The summed E-state index contributed by atoms with van der Waals surface area (Å²) in [6.07, 6.45) is 0. The highest BCUT2D eigenvalue weighted by atomic mass is 35.5. The van der Waals surface area contributed by atoms with E-state index in [1.54, 1.807) is 12.1 Å². The van der Waals surface area contributed by atoms with Crippen LogP contribution in [0.3, 0.4) is 0 Å². The van der Waals surface area contributed by atoms with E-state index in [0.29, 0.717) is 51.1 Å². The Hall–Kier alpha value is -4.01. The van der Waals surface area contributed by atoms with Crippen LogP contribution in [-0.4, -0.2) is 34.0 Å². The third-order valence-electron chi connectivity index (χ3n) is 8.79. The fraction of sp³-hybridized carbons (Fsp3) is 0.167. The van der Waals surface area contributed by atoms with E-state index in [0.717, 1.165) is 61.7 Å². The van der Waals surface area contributed by atoms with Gasteiger partial charge in [-0.15, -0.1) is 0 Å². The van der Waals surface area contributed by atoms with Crippen molar-refractivity contribution in [1.29, 1.82) is 0 Å². The van der Waals surface area contributed by atoms with Crippen LogP contribution < -0.4 is 10.6 Å². The molecule has 0 radical (unpaired) electrons. The summed E-state index contributed by atoms with van der Waals surface area (Å²) in [6.45, 7) is 6.48. The maximum Gasteiger partial charge on any atom is 0.268 e. The summed E-state index contributed by atoms with van der Waals surface area (Å²) in [5, 5.41) is 9.87. The number of aromatic nitrogens is 2. The van der Waals surface area contributed by atoms with E-state index in [1.165, 1.54) is 12.1 Å². The lowest BCUT2D eigenvalue weighted by molar-refractivity contribution is 0.0920. The topological polar surface area (TPSA) is 68.1 Å². The molecular formula is C36H27Cl4FN4O2. The van der Waals surface area contributed by atoms with E-state index in [-0.39, 0.29) is 17.6 Å². The van der Waals surface area contributed by atoms with Crippen LogP contribution in [0.25, 0.3) is 44.1 Å². The average molecular weight is 708 g/mol. The van der Waals surface area contributed by atoms with E-state index in [9.17, 15) is 14.0 Å². The molecule has 4 heterocycles. The second-order valence-electron chi connectivity index (χ2n) is 11.6. The van der Waals surface area contributed by atoms with Crippen molar-refractivity contribution < 1.29 is 14.0 Å². The molecule has 2 aromatic heterocycles. The summed E-state index contributed by atoms with van der Waals surface area (Å²) in [4.78, 5) is 24.5. The van der Waals surface area contributed by atoms with E-state index in [4.69, 9.17) is 46.4 Å². The number of nitrogens with one attached hydrogen (secondary N) is 2. The van der Waals surface area contributed by atoms with Crippen LogP contribution in [-0.2, 0) is 13.1 Å². The van der Waals surface area contributed by atoms with Gasteiger partial charge in [0.2, 0.25) is 0 Å². The van der Waals surface area contributed by atoms with Crippen LogP contribution in [0.5, 0.6) is 0 Å². The normalized spacial score (nSPS) is 13.9. The molecule has 238 valence electrons. The second kappa shape index (κ2) is 12.2. The number of hydrogen-bond acceptors (Lipinski definition) is 2. The SMILES string of the molecule is Cc1c2n(c3c(-c4ccc(Cl)c(Cl)c4)cc(Cl)cc13)CCNC2=O.Cc1c2n(c3c(-c4cccc(F)c4)cc(Cl)cc13)CCNC2=O. The number of nitrogens with zero attached hydrogens (tertiary/aromatic N) is 2. The number of benzene rings is 4. The van der Waals surface area contributed by atoms with Crippen LogP contribution >= 0.6 is 46.4 Å². The molecule has 2 amide bonds. The lowest BCUT2D eigenvalue weighted by Crippen LogP contribution is -2.35. The minimum atomic E-state index is -0.296. The maximum atomic E-state index is 13.7.